The number of aromatic nitrogens is 2. The van der Waals surface area contributed by atoms with Gasteiger partial charge < -0.3 is 15.3 Å². The largest absolute Gasteiger partial charge is 0.390 e. The van der Waals surface area contributed by atoms with E-state index in [0.29, 0.717) is 31.2 Å². The highest BCUT2D eigenvalue weighted by Gasteiger charge is 2.43. The second-order valence-electron chi connectivity index (χ2n) is 11.6. The summed E-state index contributed by atoms with van der Waals surface area (Å²) in [5.74, 6) is -3.93. The molecule has 1 aromatic carbocycles. The third-order valence-electron chi connectivity index (χ3n) is 8.93. The fourth-order valence-electron chi connectivity index (χ4n) is 6.19. The number of ketones is 1. The minimum atomic E-state index is -1.33. The van der Waals surface area contributed by atoms with Crippen molar-refractivity contribution in [1.29, 1.82) is 0 Å². The van der Waals surface area contributed by atoms with Crippen LogP contribution in [-0.2, 0) is 12.0 Å². The summed E-state index contributed by atoms with van der Waals surface area (Å²) in [5.41, 5.74) is -2.52. The van der Waals surface area contributed by atoms with Gasteiger partial charge in [0, 0.05) is 18.8 Å². The van der Waals surface area contributed by atoms with E-state index in [-0.39, 0.29) is 29.5 Å². The summed E-state index contributed by atoms with van der Waals surface area (Å²) in [6.45, 7) is 3.48. The highest BCUT2D eigenvalue weighted by molar-refractivity contribution is 5.96. The van der Waals surface area contributed by atoms with Gasteiger partial charge in [-0.15, -0.1) is 0 Å². The molecule has 0 spiro atoms. The summed E-state index contributed by atoms with van der Waals surface area (Å²) in [4.78, 5) is 21.5. The van der Waals surface area contributed by atoms with Crippen LogP contribution in [0, 0.1) is 23.4 Å². The molecule has 0 saturated heterocycles. The first-order valence-corrected chi connectivity index (χ1v) is 13.7. The summed E-state index contributed by atoms with van der Waals surface area (Å²) in [6.07, 6.45) is 5.21. The number of hydrogen-bond acceptors (Lipinski definition) is 6. The lowest BCUT2D eigenvalue weighted by Gasteiger charge is -2.43. The van der Waals surface area contributed by atoms with Gasteiger partial charge in [-0.25, -0.2) is 18.2 Å². The predicted octanol–water partition coefficient (Wildman–Crippen LogP) is 5.37. The highest BCUT2D eigenvalue weighted by atomic mass is 19.1. The maximum Gasteiger partial charge on any atom is 0.185 e. The van der Waals surface area contributed by atoms with Gasteiger partial charge in [0.1, 0.15) is 28.8 Å². The molecule has 2 saturated carbocycles. The summed E-state index contributed by atoms with van der Waals surface area (Å²) in [6, 6.07) is 5.93. The molecule has 0 amide bonds. The third-order valence-corrected chi connectivity index (χ3v) is 8.93. The van der Waals surface area contributed by atoms with Gasteiger partial charge in [-0.3, -0.25) is 9.78 Å². The number of pyridine rings is 2. The van der Waals surface area contributed by atoms with Crippen molar-refractivity contribution in [3.8, 4) is 11.3 Å². The Balaban J connectivity index is 1.43. The Labute approximate surface area is 230 Å². The van der Waals surface area contributed by atoms with Crippen LogP contribution < -0.4 is 0 Å². The van der Waals surface area contributed by atoms with Crippen molar-refractivity contribution in [1.82, 2.24) is 9.97 Å². The lowest BCUT2D eigenvalue weighted by atomic mass is 9.68. The molecule has 0 radical (unpaired) electrons. The highest BCUT2D eigenvalue weighted by Crippen LogP contribution is 2.43. The van der Waals surface area contributed by atoms with Gasteiger partial charge in [0.05, 0.1) is 22.9 Å². The molecule has 9 heteroatoms. The van der Waals surface area contributed by atoms with Gasteiger partial charge >= 0.3 is 0 Å². The van der Waals surface area contributed by atoms with Crippen LogP contribution in [0.5, 0.6) is 0 Å². The summed E-state index contributed by atoms with van der Waals surface area (Å²) >= 11 is 0. The van der Waals surface area contributed by atoms with Crippen molar-refractivity contribution < 1.29 is 33.3 Å². The van der Waals surface area contributed by atoms with Gasteiger partial charge in [-0.1, -0.05) is 19.8 Å². The molecule has 0 bridgehead atoms. The first kappa shape index (κ1) is 28.4. The Morgan fingerprint density at radius 1 is 1.02 bits per heavy atom. The average molecular weight is 555 g/mol. The first-order chi connectivity index (χ1) is 18.9. The molecule has 40 heavy (non-hydrogen) atoms. The number of halogens is 3. The minimum Gasteiger partial charge on any atom is -0.390 e. The molecule has 2 aliphatic carbocycles. The van der Waals surface area contributed by atoms with E-state index in [4.69, 9.17) is 0 Å². The van der Waals surface area contributed by atoms with E-state index in [0.717, 1.165) is 36.6 Å². The second-order valence-corrected chi connectivity index (χ2v) is 11.6. The monoisotopic (exact) mass is 554 g/mol. The van der Waals surface area contributed by atoms with E-state index < -0.39 is 51.8 Å². The molecule has 3 aromatic rings. The second kappa shape index (κ2) is 10.7. The topological polar surface area (TPSA) is 104 Å². The molecule has 5 rings (SSSR count). The Morgan fingerprint density at radius 3 is 2.35 bits per heavy atom. The number of hydrogen-bond donors (Lipinski definition) is 3. The van der Waals surface area contributed by atoms with Gasteiger partial charge in [0.25, 0.3) is 0 Å². The average Bonchev–Trinajstić information content (AvgIpc) is 3.36. The fraction of sp³-hybridized carbons (Fsp3) is 0.452. The van der Waals surface area contributed by atoms with Crippen LogP contribution in [0.2, 0.25) is 0 Å². The van der Waals surface area contributed by atoms with Crippen molar-refractivity contribution >= 4 is 5.78 Å². The molecule has 212 valence electrons. The van der Waals surface area contributed by atoms with Crippen molar-refractivity contribution in [3.63, 3.8) is 0 Å². The Hall–Kier alpha value is -3.14. The quantitative estimate of drug-likeness (QED) is 0.354. The number of carbonyl (C=O) groups excluding carboxylic acids is 1. The van der Waals surface area contributed by atoms with Crippen LogP contribution in [0.15, 0.2) is 42.7 Å². The molecule has 0 unspecified atom stereocenters. The third kappa shape index (κ3) is 5.18. The molecular weight excluding hydrogens is 521 g/mol. The Bertz CT molecular complexity index is 1400. The number of aliphatic hydroxyl groups excluding tert-OH is 1. The van der Waals surface area contributed by atoms with Crippen LogP contribution in [0.1, 0.15) is 85.5 Å². The first-order valence-electron chi connectivity index (χ1n) is 13.7. The maximum absolute atomic E-state index is 15.2. The van der Waals surface area contributed by atoms with Gasteiger partial charge in [0.2, 0.25) is 0 Å². The van der Waals surface area contributed by atoms with Gasteiger partial charge in [-0.2, -0.15) is 0 Å². The normalized spacial score (nSPS) is 26.1. The Kier molecular flexibility index (Phi) is 7.58. The van der Waals surface area contributed by atoms with Crippen LogP contribution in [0.25, 0.3) is 11.3 Å². The smallest absolute Gasteiger partial charge is 0.185 e. The van der Waals surface area contributed by atoms with E-state index in [1.54, 1.807) is 25.4 Å². The summed E-state index contributed by atoms with van der Waals surface area (Å²) < 4.78 is 45.1. The number of rotatable bonds is 6. The van der Waals surface area contributed by atoms with Crippen molar-refractivity contribution in [2.24, 2.45) is 5.92 Å². The van der Waals surface area contributed by atoms with Crippen LogP contribution >= 0.6 is 0 Å². The number of nitrogens with zero attached hydrogens (tertiary/aromatic N) is 2. The van der Waals surface area contributed by atoms with Crippen LogP contribution in [0.3, 0.4) is 0 Å². The fourth-order valence-corrected chi connectivity index (χ4v) is 6.19. The van der Waals surface area contributed by atoms with E-state index in [1.165, 1.54) is 6.07 Å². The van der Waals surface area contributed by atoms with Crippen LogP contribution in [0.4, 0.5) is 13.2 Å². The molecular formula is C31H33F3N2O4. The van der Waals surface area contributed by atoms with Crippen molar-refractivity contribution in [2.45, 2.75) is 82.0 Å². The molecule has 6 nitrogen and oxygen atoms in total. The molecule has 2 aliphatic rings. The van der Waals surface area contributed by atoms with E-state index in [2.05, 4.69) is 9.97 Å². The van der Waals surface area contributed by atoms with Gasteiger partial charge in [0.15, 0.2) is 5.78 Å². The zero-order valence-electron chi connectivity index (χ0n) is 22.5. The van der Waals surface area contributed by atoms with E-state index in [9.17, 15) is 24.5 Å². The van der Waals surface area contributed by atoms with Crippen molar-refractivity contribution in [2.75, 3.05) is 0 Å². The summed E-state index contributed by atoms with van der Waals surface area (Å²) in [7, 11) is 0. The molecule has 4 atom stereocenters. The molecule has 2 fully saturated rings. The number of carbonyl (C=O) groups is 1. The van der Waals surface area contributed by atoms with E-state index in [1.807, 2.05) is 6.92 Å². The van der Waals surface area contributed by atoms with Crippen molar-refractivity contribution in [3.05, 3.63) is 82.6 Å². The number of aliphatic hydroxyl groups is 3. The molecule has 2 aromatic heterocycles. The molecule has 0 aliphatic heterocycles. The van der Waals surface area contributed by atoms with Gasteiger partial charge in [-0.05, 0) is 91.5 Å². The number of benzene rings is 1. The van der Waals surface area contributed by atoms with Crippen LogP contribution in [-0.4, -0.2) is 42.8 Å². The SMILES string of the molecule is C[C@@H]1C[C@H](c2ccncc2CC(=O)c2ccc(F)c(-c3c(F)cc(C4(O)CCCC4)cc3F)n2)C[C@H](O)[C@@]1(C)O. The maximum atomic E-state index is 15.2. The minimum absolute atomic E-state index is 0.101. The lowest BCUT2D eigenvalue weighted by molar-refractivity contribution is -0.123. The predicted molar refractivity (Wildman–Crippen MR) is 142 cm³/mol. The zero-order chi connectivity index (χ0) is 28.8. The Morgan fingerprint density at radius 2 is 1.70 bits per heavy atom. The standard InChI is InChI=1S/C31H33F3N2O4/c1-17-11-18(13-27(38)30(17,2)39)21-7-10-35-16-19(21)12-26(37)25-6-5-22(32)29(36-25)28-23(33)14-20(15-24(28)34)31(40)8-3-4-9-31/h5-7,10,14-18,27,38-40H,3-4,8-9,11-13H2,1-2H3/t17-,18+,27+,30+/m1/s1. The zero-order valence-corrected chi connectivity index (χ0v) is 22.5. The number of Topliss-reactive ketones (excluding diaryl/α,β-unsaturated/α-hetero) is 1. The molecule has 2 heterocycles. The lowest BCUT2D eigenvalue weighted by Crippen LogP contribution is -2.49. The summed E-state index contributed by atoms with van der Waals surface area (Å²) in [5, 5.41) is 31.9. The van der Waals surface area contributed by atoms with E-state index >= 15 is 8.78 Å². The molecule has 3 N–H and O–H groups in total.